The molecule has 4 rings (SSSR count). The minimum atomic E-state index is -1.35. The molecule has 0 fully saturated rings. The van der Waals surface area contributed by atoms with Crippen molar-refractivity contribution in [3.63, 3.8) is 0 Å². The highest BCUT2D eigenvalue weighted by Gasteiger charge is 2.52. The molecule has 0 amide bonds. The molecule has 27 heavy (non-hydrogen) atoms. The maximum Gasteiger partial charge on any atom is 0.191 e. The lowest BCUT2D eigenvalue weighted by Gasteiger charge is -2.33. The van der Waals surface area contributed by atoms with Gasteiger partial charge in [0.25, 0.3) is 0 Å². The molecule has 0 unspecified atom stereocenters. The van der Waals surface area contributed by atoms with Crippen molar-refractivity contribution in [3.05, 3.63) is 107 Å². The summed E-state index contributed by atoms with van der Waals surface area (Å²) in [5, 5.41) is 11.0. The van der Waals surface area contributed by atoms with Crippen molar-refractivity contribution in [2.45, 2.75) is 24.9 Å². The van der Waals surface area contributed by atoms with Crippen LogP contribution < -0.4 is 0 Å². The van der Waals surface area contributed by atoms with Gasteiger partial charge in [-0.1, -0.05) is 78.9 Å². The maximum atomic E-state index is 11.0. The van der Waals surface area contributed by atoms with E-state index in [1.54, 1.807) is 6.92 Å². The van der Waals surface area contributed by atoms with E-state index in [1.807, 2.05) is 36.4 Å². The molecule has 3 aromatic carbocycles. The summed E-state index contributed by atoms with van der Waals surface area (Å²) >= 11 is 0. The van der Waals surface area contributed by atoms with Crippen molar-refractivity contribution in [1.29, 1.82) is 0 Å². The van der Waals surface area contributed by atoms with E-state index >= 15 is 0 Å². The molecule has 3 aromatic rings. The Morgan fingerprint density at radius 3 is 1.96 bits per heavy atom. The predicted octanol–water partition coefficient (Wildman–Crippen LogP) is 4.24. The third kappa shape index (κ3) is 2.98. The molecule has 1 heterocycles. The first-order chi connectivity index (χ1) is 12.9. The van der Waals surface area contributed by atoms with Crippen LogP contribution in [0.4, 0.5) is 0 Å². The number of fused-ring (bicyclic) bond motifs is 1. The van der Waals surface area contributed by atoms with Crippen LogP contribution in [0, 0.1) is 0 Å². The number of benzene rings is 3. The molecule has 0 saturated heterocycles. The van der Waals surface area contributed by atoms with Gasteiger partial charge >= 0.3 is 0 Å². The zero-order valence-electron chi connectivity index (χ0n) is 16.0. The van der Waals surface area contributed by atoms with E-state index in [-0.39, 0.29) is 0 Å². The van der Waals surface area contributed by atoms with Gasteiger partial charge in [-0.15, -0.1) is 0 Å². The Morgan fingerprint density at radius 2 is 1.33 bits per heavy atom. The Kier molecular flexibility index (Phi) is 4.39. The fourth-order valence-electron chi connectivity index (χ4n) is 4.08. The van der Waals surface area contributed by atoms with Crippen molar-refractivity contribution >= 4 is 0 Å². The van der Waals surface area contributed by atoms with E-state index in [9.17, 15) is 5.11 Å². The maximum absolute atomic E-state index is 11.0. The second kappa shape index (κ2) is 6.61. The Balaban J connectivity index is 1.93. The zero-order valence-corrected chi connectivity index (χ0v) is 16.0. The van der Waals surface area contributed by atoms with E-state index in [2.05, 4.69) is 61.5 Å². The Hall–Kier alpha value is -2.46. The van der Waals surface area contributed by atoms with Gasteiger partial charge in [-0.05, 0) is 37.7 Å². The first kappa shape index (κ1) is 17.9. The van der Waals surface area contributed by atoms with Gasteiger partial charge in [0.1, 0.15) is 5.60 Å². The molecule has 2 atom stereocenters. The third-order valence-electron chi connectivity index (χ3n) is 5.20. The van der Waals surface area contributed by atoms with E-state index in [0.29, 0.717) is 0 Å². The molecule has 138 valence electrons. The SMILES string of the molecule is CN(C)Cc1ccc([C@]2(c3ccccc3)O[C@@](C)(O)c3ccccc32)cc1. The second-order valence-corrected chi connectivity index (χ2v) is 7.61. The van der Waals surface area contributed by atoms with Crippen LogP contribution in [-0.4, -0.2) is 24.1 Å². The van der Waals surface area contributed by atoms with Crippen LogP contribution in [0.2, 0.25) is 0 Å². The summed E-state index contributed by atoms with van der Waals surface area (Å²) in [4.78, 5) is 2.15. The zero-order chi connectivity index (χ0) is 19.1. The quantitative estimate of drug-likeness (QED) is 0.756. The number of hydrogen-bond donors (Lipinski definition) is 1. The van der Waals surface area contributed by atoms with E-state index in [1.165, 1.54) is 5.56 Å². The molecule has 0 bridgehead atoms. The van der Waals surface area contributed by atoms with Gasteiger partial charge in [0.05, 0.1) is 0 Å². The van der Waals surface area contributed by atoms with Crippen LogP contribution in [0.5, 0.6) is 0 Å². The van der Waals surface area contributed by atoms with Crippen LogP contribution >= 0.6 is 0 Å². The van der Waals surface area contributed by atoms with Crippen molar-refractivity contribution in [2.75, 3.05) is 14.1 Å². The summed E-state index contributed by atoms with van der Waals surface area (Å²) < 4.78 is 6.45. The van der Waals surface area contributed by atoms with Crippen molar-refractivity contribution in [2.24, 2.45) is 0 Å². The average molecular weight is 359 g/mol. The second-order valence-electron chi connectivity index (χ2n) is 7.61. The van der Waals surface area contributed by atoms with Crippen LogP contribution in [0.1, 0.15) is 34.7 Å². The highest BCUT2D eigenvalue weighted by molar-refractivity contribution is 5.54. The summed E-state index contributed by atoms with van der Waals surface area (Å²) in [6, 6.07) is 26.6. The molecular weight excluding hydrogens is 334 g/mol. The highest BCUT2D eigenvalue weighted by Crippen LogP contribution is 2.52. The van der Waals surface area contributed by atoms with E-state index in [0.717, 1.165) is 28.8 Å². The van der Waals surface area contributed by atoms with Gasteiger partial charge in [-0.3, -0.25) is 0 Å². The molecule has 3 heteroatoms. The first-order valence-electron chi connectivity index (χ1n) is 9.26. The molecular formula is C24H25NO2. The third-order valence-corrected chi connectivity index (χ3v) is 5.20. The highest BCUT2D eigenvalue weighted by atomic mass is 16.6. The Bertz CT molecular complexity index is 932. The van der Waals surface area contributed by atoms with Gasteiger partial charge in [-0.2, -0.15) is 0 Å². The average Bonchev–Trinajstić information content (AvgIpc) is 2.92. The van der Waals surface area contributed by atoms with Crippen LogP contribution in [0.25, 0.3) is 0 Å². The van der Waals surface area contributed by atoms with Crippen molar-refractivity contribution in [3.8, 4) is 0 Å². The van der Waals surface area contributed by atoms with Crippen LogP contribution in [0.15, 0.2) is 78.9 Å². The molecule has 0 saturated carbocycles. The first-order valence-corrected chi connectivity index (χ1v) is 9.26. The molecule has 1 aliphatic rings. The van der Waals surface area contributed by atoms with Crippen molar-refractivity contribution in [1.82, 2.24) is 4.90 Å². The predicted molar refractivity (Wildman–Crippen MR) is 107 cm³/mol. The molecule has 0 aliphatic carbocycles. The Labute approximate surface area is 160 Å². The monoisotopic (exact) mass is 359 g/mol. The minimum Gasteiger partial charge on any atom is -0.362 e. The number of hydrogen-bond acceptors (Lipinski definition) is 3. The minimum absolute atomic E-state index is 0.811. The summed E-state index contributed by atoms with van der Waals surface area (Å²) in [5.74, 6) is -1.35. The standard InChI is InChI=1S/C24H25NO2/c1-23(26)21-11-7-8-12-22(21)24(27-23,19-9-5-4-6-10-19)20-15-13-18(14-16-20)17-25(2)3/h4-16,26H,17H2,1-3H3/t23-,24+/m1/s1. The van der Waals surface area contributed by atoms with Gasteiger partial charge in [-0.25, -0.2) is 0 Å². The van der Waals surface area contributed by atoms with Crippen molar-refractivity contribution < 1.29 is 9.84 Å². The number of aliphatic hydroxyl groups is 1. The van der Waals surface area contributed by atoms with E-state index < -0.39 is 11.4 Å². The molecule has 1 aliphatic heterocycles. The number of nitrogens with zero attached hydrogens (tertiary/aromatic N) is 1. The number of ether oxygens (including phenoxy) is 1. The molecule has 0 aromatic heterocycles. The van der Waals surface area contributed by atoms with Crippen LogP contribution in [-0.2, 0) is 22.7 Å². The van der Waals surface area contributed by atoms with E-state index in [4.69, 9.17) is 4.74 Å². The summed E-state index contributed by atoms with van der Waals surface area (Å²) in [5.41, 5.74) is 4.23. The summed E-state index contributed by atoms with van der Waals surface area (Å²) in [6.07, 6.45) is 0. The lowest BCUT2D eigenvalue weighted by atomic mass is 9.79. The molecule has 0 spiro atoms. The molecule has 1 N–H and O–H groups in total. The lowest BCUT2D eigenvalue weighted by Crippen LogP contribution is -2.33. The fourth-order valence-corrected chi connectivity index (χ4v) is 4.08. The van der Waals surface area contributed by atoms with Gasteiger partial charge < -0.3 is 14.7 Å². The smallest absolute Gasteiger partial charge is 0.191 e. The fraction of sp³-hybridized carbons (Fsp3) is 0.250. The Morgan fingerprint density at radius 1 is 0.778 bits per heavy atom. The summed E-state index contributed by atoms with van der Waals surface area (Å²) in [6.45, 7) is 2.60. The lowest BCUT2D eigenvalue weighted by molar-refractivity contribution is -0.225. The van der Waals surface area contributed by atoms with Gasteiger partial charge in [0.15, 0.2) is 5.79 Å². The molecule has 3 nitrogen and oxygen atoms in total. The molecule has 0 radical (unpaired) electrons. The number of rotatable bonds is 4. The van der Waals surface area contributed by atoms with Crippen LogP contribution in [0.3, 0.4) is 0 Å². The summed E-state index contributed by atoms with van der Waals surface area (Å²) in [7, 11) is 4.12. The topological polar surface area (TPSA) is 32.7 Å². The van der Waals surface area contributed by atoms with Gasteiger partial charge in [0.2, 0.25) is 0 Å². The normalized spacial score (nSPS) is 24.2. The largest absolute Gasteiger partial charge is 0.362 e. The van der Waals surface area contributed by atoms with Gasteiger partial charge in [0, 0.05) is 17.7 Å².